The molecule has 0 amide bonds. The van der Waals surface area contributed by atoms with E-state index in [4.69, 9.17) is 0 Å². The van der Waals surface area contributed by atoms with Gasteiger partial charge in [0.2, 0.25) is 0 Å². The minimum atomic E-state index is -0.314. The highest BCUT2D eigenvalue weighted by molar-refractivity contribution is 5.88. The summed E-state index contributed by atoms with van der Waals surface area (Å²) in [5.74, 6) is 0. The Labute approximate surface area is 200 Å². The molecule has 4 aromatic carbocycles. The summed E-state index contributed by atoms with van der Waals surface area (Å²) in [5.41, 5.74) is 13.1. The van der Waals surface area contributed by atoms with Crippen LogP contribution >= 0.6 is 0 Å². The number of hydrogen-bond donors (Lipinski definition) is 0. The van der Waals surface area contributed by atoms with Crippen molar-refractivity contribution >= 4 is 0 Å². The van der Waals surface area contributed by atoms with Crippen molar-refractivity contribution in [2.75, 3.05) is 0 Å². The van der Waals surface area contributed by atoms with E-state index in [0.29, 0.717) is 0 Å². The molecule has 7 rings (SSSR count). The van der Waals surface area contributed by atoms with Crippen LogP contribution in [0, 0.1) is 0 Å². The van der Waals surface area contributed by atoms with E-state index in [-0.39, 0.29) is 10.8 Å². The first kappa shape index (κ1) is 19.5. The largest absolute Gasteiger partial charge is 0.265 e. The van der Waals surface area contributed by atoms with Gasteiger partial charge in [0, 0.05) is 17.8 Å². The quantitative estimate of drug-likeness (QED) is 0.257. The Hall–Kier alpha value is -3.97. The number of rotatable bonds is 1. The highest BCUT2D eigenvalue weighted by Gasteiger charge is 2.53. The van der Waals surface area contributed by atoms with Crippen molar-refractivity contribution in [3.05, 3.63) is 149 Å². The summed E-state index contributed by atoms with van der Waals surface area (Å²) in [7, 11) is 0. The van der Waals surface area contributed by atoms with Crippen LogP contribution in [0.25, 0.3) is 22.3 Å². The number of hydrogen-bond acceptors (Lipinski definition) is 1. The lowest BCUT2D eigenvalue weighted by Gasteiger charge is -2.46. The molecule has 1 aromatic heterocycles. The molecule has 0 unspecified atom stereocenters. The van der Waals surface area contributed by atoms with Gasteiger partial charge in [-0.05, 0) is 73.8 Å². The third kappa shape index (κ3) is 2.32. The average Bonchev–Trinajstić information content (AvgIpc) is 3.19. The van der Waals surface area contributed by atoms with Crippen LogP contribution in [0.4, 0.5) is 0 Å². The molecule has 1 heterocycles. The molecule has 1 heteroatoms. The third-order valence-corrected chi connectivity index (χ3v) is 8.07. The SMILES string of the molecule is CC1(C)c2ccccc2C2(c3ccccc3-c3ccccc32)c2ccc(-c3ccncc3)cc21. The summed E-state index contributed by atoms with van der Waals surface area (Å²) in [6.07, 6.45) is 3.75. The Morgan fingerprint density at radius 3 is 1.65 bits per heavy atom. The molecule has 1 spiro atoms. The summed E-state index contributed by atoms with van der Waals surface area (Å²) < 4.78 is 0. The lowest BCUT2D eigenvalue weighted by molar-refractivity contribution is 0.563. The fraction of sp³-hybridized carbons (Fsp3) is 0.121. The van der Waals surface area contributed by atoms with E-state index in [2.05, 4.69) is 122 Å². The van der Waals surface area contributed by atoms with Crippen molar-refractivity contribution in [2.24, 2.45) is 0 Å². The normalized spacial score (nSPS) is 15.8. The third-order valence-electron chi connectivity index (χ3n) is 8.07. The van der Waals surface area contributed by atoms with Crippen LogP contribution in [0.1, 0.15) is 47.2 Å². The first-order chi connectivity index (χ1) is 16.6. The number of aromatic nitrogens is 1. The second kappa shape index (κ2) is 6.77. The summed E-state index contributed by atoms with van der Waals surface area (Å²) in [4.78, 5) is 4.22. The number of benzene rings is 4. The molecule has 162 valence electrons. The molecular weight excluding hydrogens is 410 g/mol. The summed E-state index contributed by atoms with van der Waals surface area (Å²) in [6.45, 7) is 4.75. The number of fused-ring (bicyclic) bond motifs is 9. The zero-order valence-corrected chi connectivity index (χ0v) is 19.4. The molecule has 1 nitrogen and oxygen atoms in total. The topological polar surface area (TPSA) is 12.9 Å². The van der Waals surface area contributed by atoms with Gasteiger partial charge < -0.3 is 0 Å². The van der Waals surface area contributed by atoms with Gasteiger partial charge >= 0.3 is 0 Å². The van der Waals surface area contributed by atoms with E-state index in [0.717, 1.165) is 0 Å². The van der Waals surface area contributed by atoms with Gasteiger partial charge in [-0.15, -0.1) is 0 Å². The van der Waals surface area contributed by atoms with Crippen LogP contribution < -0.4 is 0 Å². The molecule has 0 bridgehead atoms. The average molecular weight is 436 g/mol. The number of pyridine rings is 1. The molecule has 0 radical (unpaired) electrons. The van der Waals surface area contributed by atoms with Crippen LogP contribution in [-0.4, -0.2) is 4.98 Å². The van der Waals surface area contributed by atoms with Gasteiger partial charge in [-0.2, -0.15) is 0 Å². The van der Waals surface area contributed by atoms with Crippen LogP contribution in [0.15, 0.2) is 116 Å². The highest BCUT2D eigenvalue weighted by Crippen LogP contribution is 2.62. The molecule has 2 aliphatic rings. The van der Waals surface area contributed by atoms with E-state index in [1.165, 1.54) is 55.6 Å². The second-order valence-electron chi connectivity index (χ2n) is 10.0. The maximum Gasteiger partial charge on any atom is 0.0719 e. The first-order valence-corrected chi connectivity index (χ1v) is 12.0. The minimum Gasteiger partial charge on any atom is -0.265 e. The van der Waals surface area contributed by atoms with Gasteiger partial charge in [0.25, 0.3) is 0 Å². The van der Waals surface area contributed by atoms with Gasteiger partial charge in [0.15, 0.2) is 0 Å². The molecule has 5 aromatic rings. The van der Waals surface area contributed by atoms with Gasteiger partial charge in [-0.1, -0.05) is 98.8 Å². The smallest absolute Gasteiger partial charge is 0.0719 e. The standard InChI is InChI=1S/C33H25N/c1-32(2)28-13-7-8-14-29(28)33(26-11-5-3-9-24(26)25-10-4-6-12-27(25)33)30-16-15-23(21-31(30)32)22-17-19-34-20-18-22/h3-21H,1-2H3. The van der Waals surface area contributed by atoms with E-state index in [1.807, 2.05) is 12.4 Å². The molecule has 34 heavy (non-hydrogen) atoms. The zero-order valence-electron chi connectivity index (χ0n) is 19.4. The maximum atomic E-state index is 4.22. The predicted octanol–water partition coefficient (Wildman–Crippen LogP) is 7.75. The van der Waals surface area contributed by atoms with Crippen LogP contribution in [0.5, 0.6) is 0 Å². The van der Waals surface area contributed by atoms with Crippen LogP contribution in [0.3, 0.4) is 0 Å². The van der Waals surface area contributed by atoms with E-state index >= 15 is 0 Å². The van der Waals surface area contributed by atoms with Gasteiger partial charge in [0.05, 0.1) is 5.41 Å². The molecule has 0 N–H and O–H groups in total. The Morgan fingerprint density at radius 2 is 1.00 bits per heavy atom. The molecule has 0 aliphatic heterocycles. The molecule has 0 fully saturated rings. The Kier molecular flexibility index (Phi) is 3.88. The molecule has 0 saturated carbocycles. The summed E-state index contributed by atoms with van der Waals surface area (Å²) in [5, 5.41) is 0. The lowest BCUT2D eigenvalue weighted by atomic mass is 9.55. The van der Waals surface area contributed by atoms with Crippen molar-refractivity contribution in [3.63, 3.8) is 0 Å². The van der Waals surface area contributed by atoms with Crippen molar-refractivity contribution in [3.8, 4) is 22.3 Å². The second-order valence-corrected chi connectivity index (χ2v) is 10.0. The van der Waals surface area contributed by atoms with Gasteiger partial charge in [0.1, 0.15) is 0 Å². The van der Waals surface area contributed by atoms with Crippen molar-refractivity contribution in [2.45, 2.75) is 24.7 Å². The van der Waals surface area contributed by atoms with E-state index < -0.39 is 0 Å². The van der Waals surface area contributed by atoms with E-state index in [1.54, 1.807) is 0 Å². The summed E-state index contributed by atoms with van der Waals surface area (Å²) in [6, 6.07) is 38.4. The highest BCUT2D eigenvalue weighted by atomic mass is 14.6. The van der Waals surface area contributed by atoms with Crippen molar-refractivity contribution in [1.82, 2.24) is 4.98 Å². The Balaban J connectivity index is 1.65. The Morgan fingerprint density at radius 1 is 0.471 bits per heavy atom. The van der Waals surface area contributed by atoms with Crippen molar-refractivity contribution < 1.29 is 0 Å². The number of nitrogens with zero attached hydrogens (tertiary/aromatic N) is 1. The fourth-order valence-electron chi connectivity index (χ4n) is 6.57. The van der Waals surface area contributed by atoms with Crippen LogP contribution in [-0.2, 0) is 10.8 Å². The maximum absolute atomic E-state index is 4.22. The predicted molar refractivity (Wildman–Crippen MR) is 139 cm³/mol. The van der Waals surface area contributed by atoms with E-state index in [9.17, 15) is 0 Å². The van der Waals surface area contributed by atoms with Crippen LogP contribution in [0.2, 0.25) is 0 Å². The van der Waals surface area contributed by atoms with Gasteiger partial charge in [-0.25, -0.2) is 0 Å². The zero-order chi connectivity index (χ0) is 22.9. The summed E-state index contributed by atoms with van der Waals surface area (Å²) >= 11 is 0. The van der Waals surface area contributed by atoms with Crippen molar-refractivity contribution in [1.29, 1.82) is 0 Å². The Bertz CT molecular complexity index is 1530. The molecule has 0 atom stereocenters. The molecule has 2 aliphatic carbocycles. The molecular formula is C33H25N. The first-order valence-electron chi connectivity index (χ1n) is 12.0. The fourth-order valence-corrected chi connectivity index (χ4v) is 6.57. The monoisotopic (exact) mass is 435 g/mol. The minimum absolute atomic E-state index is 0.118. The van der Waals surface area contributed by atoms with Gasteiger partial charge in [-0.3, -0.25) is 4.98 Å². The molecule has 0 saturated heterocycles. The lowest BCUT2D eigenvalue weighted by Crippen LogP contribution is -2.40.